The van der Waals surface area contributed by atoms with E-state index in [2.05, 4.69) is 20.9 Å². The Morgan fingerprint density at radius 2 is 2.13 bits per heavy atom. The third-order valence-electron chi connectivity index (χ3n) is 4.06. The minimum Gasteiger partial charge on any atom is -0.476 e. The van der Waals surface area contributed by atoms with Crippen LogP contribution in [0.25, 0.3) is 0 Å². The van der Waals surface area contributed by atoms with Gasteiger partial charge < -0.3 is 9.64 Å². The number of hydrogen-bond acceptors (Lipinski definition) is 5. The van der Waals surface area contributed by atoms with Gasteiger partial charge in [-0.3, -0.25) is 4.98 Å². The molecular formula is C17H17ClN4O. The van der Waals surface area contributed by atoms with Crippen molar-refractivity contribution in [3.8, 4) is 11.9 Å². The second-order valence-corrected chi connectivity index (χ2v) is 5.94. The average molecular weight is 329 g/mol. The first-order valence-corrected chi connectivity index (χ1v) is 7.98. The van der Waals surface area contributed by atoms with Crippen molar-refractivity contribution in [2.45, 2.75) is 12.8 Å². The van der Waals surface area contributed by atoms with E-state index >= 15 is 0 Å². The molecule has 3 heterocycles. The number of rotatable bonds is 4. The molecule has 0 saturated carbocycles. The Kier molecular flexibility index (Phi) is 4.94. The molecule has 2 aromatic rings. The molecular weight excluding hydrogens is 312 g/mol. The summed E-state index contributed by atoms with van der Waals surface area (Å²) in [5.41, 5.74) is 1.59. The molecule has 0 atom stereocenters. The first-order valence-electron chi connectivity index (χ1n) is 7.60. The Labute approximate surface area is 140 Å². The maximum atomic E-state index is 9.19. The standard InChI is InChI=1S/C17H17ClN4O/c18-15-2-1-6-21-17(15)23-12-13-4-8-22(9-5-13)16-11-20-7-3-14(16)10-19/h1-3,6-7,11,13H,4-5,8-9,12H2. The molecule has 5 nitrogen and oxygen atoms in total. The lowest BCUT2D eigenvalue weighted by Crippen LogP contribution is -2.36. The van der Waals surface area contributed by atoms with E-state index in [1.54, 1.807) is 36.8 Å². The van der Waals surface area contributed by atoms with Crippen molar-refractivity contribution in [2.24, 2.45) is 5.92 Å². The maximum Gasteiger partial charge on any atom is 0.232 e. The number of nitriles is 1. The Hall–Kier alpha value is -2.32. The van der Waals surface area contributed by atoms with E-state index in [1.165, 1.54) is 0 Å². The summed E-state index contributed by atoms with van der Waals surface area (Å²) in [4.78, 5) is 10.5. The third-order valence-corrected chi connectivity index (χ3v) is 4.34. The minimum absolute atomic E-state index is 0.464. The monoisotopic (exact) mass is 328 g/mol. The Balaban J connectivity index is 1.55. The molecule has 0 aliphatic carbocycles. The number of ether oxygens (including phenoxy) is 1. The first-order chi connectivity index (χ1) is 11.3. The van der Waals surface area contributed by atoms with E-state index in [0.29, 0.717) is 29.0 Å². The quantitative estimate of drug-likeness (QED) is 0.861. The number of piperidine rings is 1. The molecule has 3 rings (SSSR count). The smallest absolute Gasteiger partial charge is 0.232 e. The van der Waals surface area contributed by atoms with Crippen LogP contribution in [0.5, 0.6) is 5.88 Å². The fraction of sp³-hybridized carbons (Fsp3) is 0.353. The van der Waals surface area contributed by atoms with Crippen LogP contribution in [0.15, 0.2) is 36.8 Å². The number of pyridine rings is 2. The van der Waals surface area contributed by atoms with Gasteiger partial charge in [0, 0.05) is 25.5 Å². The molecule has 2 aromatic heterocycles. The second-order valence-electron chi connectivity index (χ2n) is 5.54. The highest BCUT2D eigenvalue weighted by Gasteiger charge is 2.22. The van der Waals surface area contributed by atoms with E-state index in [-0.39, 0.29) is 0 Å². The molecule has 0 aromatic carbocycles. The molecule has 1 aliphatic heterocycles. The number of aromatic nitrogens is 2. The van der Waals surface area contributed by atoms with E-state index in [4.69, 9.17) is 16.3 Å². The fourth-order valence-corrected chi connectivity index (χ4v) is 2.92. The van der Waals surface area contributed by atoms with Crippen molar-refractivity contribution in [2.75, 3.05) is 24.6 Å². The zero-order valence-corrected chi connectivity index (χ0v) is 13.4. The molecule has 0 spiro atoms. The summed E-state index contributed by atoms with van der Waals surface area (Å²) >= 11 is 6.05. The van der Waals surface area contributed by atoms with Gasteiger partial charge in [-0.1, -0.05) is 11.6 Å². The van der Waals surface area contributed by atoms with Crippen LogP contribution in [0.3, 0.4) is 0 Å². The lowest BCUT2D eigenvalue weighted by atomic mass is 9.97. The summed E-state index contributed by atoms with van der Waals surface area (Å²) in [5, 5.41) is 9.73. The Morgan fingerprint density at radius 3 is 2.87 bits per heavy atom. The normalized spacial score (nSPS) is 15.2. The van der Waals surface area contributed by atoms with Gasteiger partial charge in [0.15, 0.2) is 0 Å². The molecule has 23 heavy (non-hydrogen) atoms. The summed E-state index contributed by atoms with van der Waals surface area (Å²) in [6.45, 7) is 2.40. The highest BCUT2D eigenvalue weighted by molar-refractivity contribution is 6.31. The van der Waals surface area contributed by atoms with Gasteiger partial charge in [-0.2, -0.15) is 5.26 Å². The topological polar surface area (TPSA) is 62.0 Å². The lowest BCUT2D eigenvalue weighted by molar-refractivity contribution is 0.216. The van der Waals surface area contributed by atoms with Gasteiger partial charge in [-0.15, -0.1) is 0 Å². The maximum absolute atomic E-state index is 9.19. The highest BCUT2D eigenvalue weighted by Crippen LogP contribution is 2.27. The highest BCUT2D eigenvalue weighted by atomic mass is 35.5. The van der Waals surface area contributed by atoms with Gasteiger partial charge in [0.05, 0.1) is 24.1 Å². The van der Waals surface area contributed by atoms with Gasteiger partial charge >= 0.3 is 0 Å². The van der Waals surface area contributed by atoms with Crippen LogP contribution in [0.2, 0.25) is 5.02 Å². The average Bonchev–Trinajstić information content (AvgIpc) is 2.61. The molecule has 0 radical (unpaired) electrons. The first kappa shape index (κ1) is 15.6. The van der Waals surface area contributed by atoms with Gasteiger partial charge in [-0.25, -0.2) is 4.98 Å². The van der Waals surface area contributed by atoms with Crippen LogP contribution in [0, 0.1) is 17.2 Å². The van der Waals surface area contributed by atoms with E-state index in [1.807, 2.05) is 0 Å². The summed E-state index contributed by atoms with van der Waals surface area (Å²) in [6, 6.07) is 7.55. The van der Waals surface area contributed by atoms with Crippen LogP contribution in [0.1, 0.15) is 18.4 Å². The second kappa shape index (κ2) is 7.30. The summed E-state index contributed by atoms with van der Waals surface area (Å²) < 4.78 is 5.74. The summed E-state index contributed by atoms with van der Waals surface area (Å²) in [6.07, 6.45) is 7.10. The molecule has 0 unspecified atom stereocenters. The van der Waals surface area contributed by atoms with Crippen molar-refractivity contribution in [1.82, 2.24) is 9.97 Å². The van der Waals surface area contributed by atoms with Gasteiger partial charge in [-0.05, 0) is 37.0 Å². The van der Waals surface area contributed by atoms with Crippen molar-refractivity contribution in [1.29, 1.82) is 5.26 Å². The van der Waals surface area contributed by atoms with E-state index in [0.717, 1.165) is 31.6 Å². The minimum atomic E-state index is 0.464. The predicted octanol–water partition coefficient (Wildman–Crippen LogP) is 3.30. The van der Waals surface area contributed by atoms with Crippen molar-refractivity contribution < 1.29 is 4.74 Å². The number of anilines is 1. The van der Waals surface area contributed by atoms with Crippen molar-refractivity contribution in [3.05, 3.63) is 47.4 Å². The number of hydrogen-bond donors (Lipinski definition) is 0. The third kappa shape index (κ3) is 3.72. The zero-order valence-electron chi connectivity index (χ0n) is 12.7. The van der Waals surface area contributed by atoms with Crippen LogP contribution in [0.4, 0.5) is 5.69 Å². The fourth-order valence-electron chi connectivity index (χ4n) is 2.75. The molecule has 0 amide bonds. The molecule has 0 N–H and O–H groups in total. The van der Waals surface area contributed by atoms with Gasteiger partial charge in [0.25, 0.3) is 0 Å². The zero-order chi connectivity index (χ0) is 16.1. The summed E-state index contributed by atoms with van der Waals surface area (Å²) in [5.74, 6) is 0.960. The van der Waals surface area contributed by atoms with Crippen molar-refractivity contribution in [3.63, 3.8) is 0 Å². The number of nitrogens with zero attached hydrogens (tertiary/aromatic N) is 4. The van der Waals surface area contributed by atoms with Crippen LogP contribution in [-0.2, 0) is 0 Å². The van der Waals surface area contributed by atoms with E-state index < -0.39 is 0 Å². The SMILES string of the molecule is N#Cc1ccncc1N1CCC(COc2ncccc2Cl)CC1. The Bertz CT molecular complexity index is 708. The molecule has 6 heteroatoms. The van der Waals surface area contributed by atoms with E-state index in [9.17, 15) is 5.26 Å². The van der Waals surface area contributed by atoms with Crippen molar-refractivity contribution >= 4 is 17.3 Å². The summed E-state index contributed by atoms with van der Waals surface area (Å²) in [7, 11) is 0. The number of halogens is 1. The lowest BCUT2D eigenvalue weighted by Gasteiger charge is -2.33. The van der Waals surface area contributed by atoms with Crippen LogP contribution >= 0.6 is 11.6 Å². The van der Waals surface area contributed by atoms with Gasteiger partial charge in [0.1, 0.15) is 11.1 Å². The molecule has 1 fully saturated rings. The predicted molar refractivity (Wildman–Crippen MR) is 88.6 cm³/mol. The Morgan fingerprint density at radius 1 is 1.30 bits per heavy atom. The molecule has 118 valence electrons. The largest absolute Gasteiger partial charge is 0.476 e. The molecule has 0 bridgehead atoms. The molecule has 1 saturated heterocycles. The van der Waals surface area contributed by atoms with Crippen LogP contribution < -0.4 is 9.64 Å². The van der Waals surface area contributed by atoms with Gasteiger partial charge in [0.2, 0.25) is 5.88 Å². The molecule has 1 aliphatic rings. The van der Waals surface area contributed by atoms with Crippen LogP contribution in [-0.4, -0.2) is 29.7 Å².